The molecule has 0 aliphatic heterocycles. The smallest absolute Gasteiger partial charge is 0.255 e. The van der Waals surface area contributed by atoms with E-state index in [0.29, 0.717) is 5.56 Å². The van der Waals surface area contributed by atoms with E-state index < -0.39 is 0 Å². The largest absolute Gasteiger partial charge is 0.322 e. The van der Waals surface area contributed by atoms with Crippen molar-refractivity contribution in [2.75, 3.05) is 5.32 Å². The number of nitrogens with zero attached hydrogens (tertiary/aromatic N) is 4. The van der Waals surface area contributed by atoms with E-state index in [1.165, 1.54) is 16.9 Å². The van der Waals surface area contributed by atoms with E-state index in [1.54, 1.807) is 10.8 Å². The first-order valence-electron chi connectivity index (χ1n) is 8.59. The second kappa shape index (κ2) is 6.59. The first-order valence-corrected chi connectivity index (χ1v) is 9.41. The molecule has 2 aromatic heterocycles. The number of nitrogens with one attached hydrogen (secondary N) is 1. The SMILES string of the molecule is CC(C)(C)c1ccc(C(=O)Nc2ccc(-c3nn4cnnc4s3)cc2)cc1. The average molecular weight is 377 g/mol. The van der Waals surface area contributed by atoms with Crippen LogP contribution in [0, 0.1) is 0 Å². The van der Waals surface area contributed by atoms with Gasteiger partial charge in [0.05, 0.1) is 0 Å². The van der Waals surface area contributed by atoms with Gasteiger partial charge in [-0.05, 0) is 47.4 Å². The standard InChI is InChI=1S/C20H19N5OS/c1-20(2,3)15-8-4-13(5-9-15)17(26)22-16-10-6-14(7-11-16)18-24-25-12-21-23-19(25)27-18/h4-12H,1-3H3,(H,22,26). The molecule has 2 heterocycles. The van der Waals surface area contributed by atoms with E-state index in [1.807, 2.05) is 48.5 Å². The number of carbonyl (C=O) groups excluding carboxylic acids is 1. The zero-order chi connectivity index (χ0) is 19.0. The molecule has 4 rings (SSSR count). The number of anilines is 1. The molecule has 6 nitrogen and oxygen atoms in total. The van der Waals surface area contributed by atoms with Crippen LogP contribution in [0.5, 0.6) is 0 Å². The van der Waals surface area contributed by atoms with Crippen LogP contribution in [0.2, 0.25) is 0 Å². The van der Waals surface area contributed by atoms with E-state index in [2.05, 4.69) is 41.4 Å². The van der Waals surface area contributed by atoms with Gasteiger partial charge in [-0.3, -0.25) is 4.79 Å². The summed E-state index contributed by atoms with van der Waals surface area (Å²) < 4.78 is 1.65. The molecular formula is C20H19N5OS. The van der Waals surface area contributed by atoms with Crippen LogP contribution in [0.1, 0.15) is 36.7 Å². The maximum atomic E-state index is 12.5. The molecule has 4 aromatic rings. The van der Waals surface area contributed by atoms with Crippen LogP contribution in [-0.4, -0.2) is 25.7 Å². The molecule has 1 N–H and O–H groups in total. The fraction of sp³-hybridized carbons (Fsp3) is 0.200. The summed E-state index contributed by atoms with van der Waals surface area (Å²) in [7, 11) is 0. The Morgan fingerprint density at radius 3 is 2.37 bits per heavy atom. The van der Waals surface area contributed by atoms with E-state index in [0.717, 1.165) is 21.2 Å². The summed E-state index contributed by atoms with van der Waals surface area (Å²) in [5.41, 5.74) is 3.62. The Morgan fingerprint density at radius 1 is 1.04 bits per heavy atom. The first kappa shape index (κ1) is 17.4. The van der Waals surface area contributed by atoms with Crippen molar-refractivity contribution in [3.05, 3.63) is 66.0 Å². The van der Waals surface area contributed by atoms with Gasteiger partial charge < -0.3 is 5.32 Å². The number of aromatic nitrogens is 4. The van der Waals surface area contributed by atoms with Crippen molar-refractivity contribution in [3.63, 3.8) is 0 Å². The minimum absolute atomic E-state index is 0.0677. The monoisotopic (exact) mass is 377 g/mol. The quantitative estimate of drug-likeness (QED) is 0.574. The fourth-order valence-corrected chi connectivity index (χ4v) is 3.52. The Hall–Kier alpha value is -3.06. The van der Waals surface area contributed by atoms with Crippen molar-refractivity contribution in [1.82, 2.24) is 19.8 Å². The fourth-order valence-electron chi connectivity index (χ4n) is 2.70. The molecule has 0 saturated carbocycles. The van der Waals surface area contributed by atoms with Crippen molar-refractivity contribution < 1.29 is 4.79 Å². The van der Waals surface area contributed by atoms with Crippen molar-refractivity contribution in [2.45, 2.75) is 26.2 Å². The molecule has 0 fully saturated rings. The molecule has 7 heteroatoms. The average Bonchev–Trinajstić information content (AvgIpc) is 3.24. The minimum atomic E-state index is -0.123. The molecular weight excluding hydrogens is 358 g/mol. The second-order valence-electron chi connectivity index (χ2n) is 7.32. The summed E-state index contributed by atoms with van der Waals surface area (Å²) in [6.45, 7) is 6.46. The van der Waals surface area contributed by atoms with Gasteiger partial charge in [-0.25, -0.2) is 0 Å². The molecule has 0 radical (unpaired) electrons. The van der Waals surface area contributed by atoms with Crippen LogP contribution < -0.4 is 5.32 Å². The Labute approximate surface area is 160 Å². The third kappa shape index (κ3) is 3.59. The number of amides is 1. The summed E-state index contributed by atoms with van der Waals surface area (Å²) >= 11 is 1.47. The highest BCUT2D eigenvalue weighted by molar-refractivity contribution is 7.19. The van der Waals surface area contributed by atoms with E-state index >= 15 is 0 Å². The Morgan fingerprint density at radius 2 is 1.74 bits per heavy atom. The molecule has 0 aliphatic carbocycles. The van der Waals surface area contributed by atoms with Crippen molar-refractivity contribution in [3.8, 4) is 10.6 Å². The Bertz CT molecular complexity index is 1060. The number of fused-ring (bicyclic) bond motifs is 1. The molecule has 27 heavy (non-hydrogen) atoms. The summed E-state index contributed by atoms with van der Waals surface area (Å²) in [6.07, 6.45) is 1.58. The predicted molar refractivity (Wildman–Crippen MR) is 107 cm³/mol. The molecule has 0 aliphatic rings. The zero-order valence-corrected chi connectivity index (χ0v) is 16.1. The Kier molecular flexibility index (Phi) is 4.24. The van der Waals surface area contributed by atoms with Crippen molar-refractivity contribution in [2.24, 2.45) is 0 Å². The van der Waals surface area contributed by atoms with E-state index in [4.69, 9.17) is 0 Å². The highest BCUT2D eigenvalue weighted by Crippen LogP contribution is 2.26. The van der Waals surface area contributed by atoms with Gasteiger partial charge in [0.2, 0.25) is 4.96 Å². The lowest BCUT2D eigenvalue weighted by molar-refractivity contribution is 0.102. The summed E-state index contributed by atoms with van der Waals surface area (Å²) in [4.78, 5) is 13.2. The Balaban J connectivity index is 1.47. The van der Waals surface area contributed by atoms with Gasteiger partial charge in [0.25, 0.3) is 5.91 Å². The summed E-state index contributed by atoms with van der Waals surface area (Å²) in [5, 5.41) is 16.0. The summed E-state index contributed by atoms with van der Waals surface area (Å²) in [5.74, 6) is -0.123. The summed E-state index contributed by atoms with van der Waals surface area (Å²) in [6, 6.07) is 15.4. The molecule has 0 bridgehead atoms. The molecule has 2 aromatic carbocycles. The normalized spacial score (nSPS) is 11.7. The second-order valence-corrected chi connectivity index (χ2v) is 8.28. The third-order valence-electron chi connectivity index (χ3n) is 4.29. The molecule has 136 valence electrons. The van der Waals surface area contributed by atoms with Gasteiger partial charge in [0.15, 0.2) is 0 Å². The van der Waals surface area contributed by atoms with Gasteiger partial charge in [-0.2, -0.15) is 9.61 Å². The maximum Gasteiger partial charge on any atom is 0.255 e. The topological polar surface area (TPSA) is 72.2 Å². The van der Waals surface area contributed by atoms with Crippen LogP contribution in [0.15, 0.2) is 54.9 Å². The van der Waals surface area contributed by atoms with Crippen LogP contribution in [0.25, 0.3) is 15.5 Å². The van der Waals surface area contributed by atoms with E-state index in [9.17, 15) is 4.79 Å². The third-order valence-corrected chi connectivity index (χ3v) is 5.25. The molecule has 0 unspecified atom stereocenters. The highest BCUT2D eigenvalue weighted by Gasteiger charge is 2.14. The van der Waals surface area contributed by atoms with Gasteiger partial charge in [0, 0.05) is 16.8 Å². The van der Waals surface area contributed by atoms with Gasteiger partial charge in [-0.15, -0.1) is 10.2 Å². The number of carbonyl (C=O) groups is 1. The highest BCUT2D eigenvalue weighted by atomic mass is 32.1. The predicted octanol–water partition coefficient (Wildman–Crippen LogP) is 4.40. The first-order chi connectivity index (χ1) is 12.9. The van der Waals surface area contributed by atoms with Crippen molar-refractivity contribution in [1.29, 1.82) is 0 Å². The lowest BCUT2D eigenvalue weighted by Gasteiger charge is -2.19. The minimum Gasteiger partial charge on any atom is -0.322 e. The molecule has 0 atom stereocenters. The van der Waals surface area contributed by atoms with Crippen molar-refractivity contribution >= 4 is 27.9 Å². The molecule has 0 spiro atoms. The van der Waals surface area contributed by atoms with Crippen LogP contribution in [-0.2, 0) is 5.41 Å². The lowest BCUT2D eigenvalue weighted by Crippen LogP contribution is -2.14. The molecule has 0 saturated heterocycles. The van der Waals surface area contributed by atoms with Gasteiger partial charge in [0.1, 0.15) is 11.3 Å². The maximum absolute atomic E-state index is 12.5. The van der Waals surface area contributed by atoms with Crippen LogP contribution in [0.3, 0.4) is 0 Å². The van der Waals surface area contributed by atoms with Gasteiger partial charge >= 0.3 is 0 Å². The number of rotatable bonds is 3. The zero-order valence-electron chi connectivity index (χ0n) is 15.3. The van der Waals surface area contributed by atoms with Gasteiger partial charge in [-0.1, -0.05) is 44.2 Å². The van der Waals surface area contributed by atoms with Crippen LogP contribution >= 0.6 is 11.3 Å². The number of hydrogen-bond donors (Lipinski definition) is 1. The number of benzene rings is 2. The van der Waals surface area contributed by atoms with E-state index in [-0.39, 0.29) is 11.3 Å². The lowest BCUT2D eigenvalue weighted by atomic mass is 9.87. The van der Waals surface area contributed by atoms with Crippen LogP contribution in [0.4, 0.5) is 5.69 Å². The number of hydrogen-bond acceptors (Lipinski definition) is 5. The molecule has 1 amide bonds.